The number of hydrogen-bond acceptors (Lipinski definition) is 6. The number of esters is 1. The molecule has 0 aliphatic carbocycles. The first-order valence-corrected chi connectivity index (χ1v) is 11.0. The topological polar surface area (TPSA) is 103 Å². The highest BCUT2D eigenvalue weighted by atomic mass is 16.5. The van der Waals surface area contributed by atoms with E-state index in [1.807, 2.05) is 12.1 Å². The molecule has 34 heavy (non-hydrogen) atoms. The number of rotatable bonds is 8. The zero-order valence-corrected chi connectivity index (χ0v) is 19.4. The Kier molecular flexibility index (Phi) is 6.45. The second-order valence-electron chi connectivity index (χ2n) is 8.17. The molecule has 0 spiro atoms. The third-order valence-corrected chi connectivity index (χ3v) is 5.97. The first kappa shape index (κ1) is 23.2. The third kappa shape index (κ3) is 4.28. The summed E-state index contributed by atoms with van der Waals surface area (Å²) in [5.74, 6) is -0.000370. The van der Waals surface area contributed by atoms with Crippen LogP contribution in [0.5, 0.6) is 5.75 Å². The van der Waals surface area contributed by atoms with Crippen LogP contribution >= 0.6 is 0 Å². The van der Waals surface area contributed by atoms with Crippen LogP contribution in [0.25, 0.3) is 11.5 Å². The van der Waals surface area contributed by atoms with Gasteiger partial charge in [0, 0.05) is 6.54 Å². The summed E-state index contributed by atoms with van der Waals surface area (Å²) in [5, 5.41) is 2.65. The lowest BCUT2D eigenvalue weighted by Crippen LogP contribution is -2.64. The van der Waals surface area contributed by atoms with E-state index in [1.54, 1.807) is 68.2 Å². The summed E-state index contributed by atoms with van der Waals surface area (Å²) >= 11 is 0. The van der Waals surface area contributed by atoms with Gasteiger partial charge < -0.3 is 28.7 Å². The van der Waals surface area contributed by atoms with Crippen molar-refractivity contribution in [1.29, 1.82) is 0 Å². The SMILES string of the molecule is CCOC(=O)CNC(=O)[C@@]1(C)Cn2c(ccc2-c2ccco2)C(=O)N1Cc1ccc(OC)cc1. The van der Waals surface area contributed by atoms with Gasteiger partial charge in [-0.3, -0.25) is 14.4 Å². The zero-order chi connectivity index (χ0) is 24.3. The first-order valence-electron chi connectivity index (χ1n) is 11.0. The van der Waals surface area contributed by atoms with E-state index in [1.165, 1.54) is 4.90 Å². The minimum Gasteiger partial charge on any atom is -0.497 e. The van der Waals surface area contributed by atoms with Crippen LogP contribution in [-0.4, -0.2) is 53.1 Å². The van der Waals surface area contributed by atoms with Crippen LogP contribution in [0.15, 0.2) is 59.2 Å². The van der Waals surface area contributed by atoms with Gasteiger partial charge in [0.15, 0.2) is 0 Å². The van der Waals surface area contributed by atoms with E-state index in [0.29, 0.717) is 22.9 Å². The van der Waals surface area contributed by atoms with Crippen LogP contribution in [0, 0.1) is 0 Å². The van der Waals surface area contributed by atoms with Gasteiger partial charge in [0.05, 0.1) is 32.2 Å². The Hall–Kier alpha value is -4.01. The molecule has 0 fully saturated rings. The number of nitrogens with one attached hydrogen (secondary N) is 1. The predicted molar refractivity (Wildman–Crippen MR) is 123 cm³/mol. The van der Waals surface area contributed by atoms with Gasteiger partial charge in [0.1, 0.15) is 29.3 Å². The molecular weight excluding hydrogens is 438 g/mol. The normalized spacial score (nSPS) is 17.3. The molecule has 2 aromatic heterocycles. The van der Waals surface area contributed by atoms with Gasteiger partial charge in [0.25, 0.3) is 5.91 Å². The molecule has 3 aromatic rings. The quantitative estimate of drug-likeness (QED) is 0.513. The summed E-state index contributed by atoms with van der Waals surface area (Å²) in [6.45, 7) is 3.71. The highest BCUT2D eigenvalue weighted by molar-refractivity contribution is 6.01. The number of ether oxygens (including phenoxy) is 2. The van der Waals surface area contributed by atoms with Gasteiger partial charge in [0.2, 0.25) is 5.91 Å². The number of methoxy groups -OCH3 is 1. The van der Waals surface area contributed by atoms with Crippen molar-refractivity contribution in [1.82, 2.24) is 14.8 Å². The summed E-state index contributed by atoms with van der Waals surface area (Å²) in [4.78, 5) is 40.5. The maximum Gasteiger partial charge on any atom is 0.325 e. The smallest absolute Gasteiger partial charge is 0.325 e. The lowest BCUT2D eigenvalue weighted by Gasteiger charge is -2.44. The van der Waals surface area contributed by atoms with Gasteiger partial charge in [-0.05, 0) is 55.8 Å². The molecule has 0 unspecified atom stereocenters. The van der Waals surface area contributed by atoms with Crippen molar-refractivity contribution >= 4 is 17.8 Å². The van der Waals surface area contributed by atoms with Crippen molar-refractivity contribution in [2.75, 3.05) is 20.3 Å². The Balaban J connectivity index is 1.70. The number of benzene rings is 1. The van der Waals surface area contributed by atoms with Crippen LogP contribution in [0.3, 0.4) is 0 Å². The Morgan fingerprint density at radius 1 is 1.12 bits per heavy atom. The zero-order valence-electron chi connectivity index (χ0n) is 19.4. The Morgan fingerprint density at radius 3 is 2.50 bits per heavy atom. The van der Waals surface area contributed by atoms with E-state index < -0.39 is 17.4 Å². The first-order chi connectivity index (χ1) is 16.4. The van der Waals surface area contributed by atoms with Crippen molar-refractivity contribution in [3.63, 3.8) is 0 Å². The molecule has 0 bridgehead atoms. The van der Waals surface area contributed by atoms with Crippen LogP contribution < -0.4 is 10.1 Å². The molecule has 0 saturated heterocycles. The van der Waals surface area contributed by atoms with Crippen molar-refractivity contribution in [2.24, 2.45) is 0 Å². The summed E-state index contributed by atoms with van der Waals surface area (Å²) in [7, 11) is 1.58. The fourth-order valence-electron chi connectivity index (χ4n) is 4.13. The molecule has 1 aromatic carbocycles. The van der Waals surface area contributed by atoms with Crippen molar-refractivity contribution in [3.8, 4) is 17.2 Å². The molecular formula is C25H27N3O6. The number of hydrogen-bond donors (Lipinski definition) is 1. The largest absolute Gasteiger partial charge is 0.497 e. The fraction of sp³-hybridized carbons (Fsp3) is 0.320. The molecule has 0 saturated carbocycles. The molecule has 1 aliphatic heterocycles. The molecule has 4 rings (SSSR count). The molecule has 178 valence electrons. The van der Waals surface area contributed by atoms with Crippen LogP contribution in [0.4, 0.5) is 0 Å². The second kappa shape index (κ2) is 9.46. The molecule has 1 atom stereocenters. The van der Waals surface area contributed by atoms with Crippen molar-refractivity contribution in [3.05, 3.63) is 66.1 Å². The number of amides is 2. The molecule has 1 aliphatic rings. The van der Waals surface area contributed by atoms with E-state index in [-0.39, 0.29) is 32.1 Å². The minimum atomic E-state index is -1.28. The Bertz CT molecular complexity index is 1180. The average Bonchev–Trinajstić information content (AvgIpc) is 3.50. The molecule has 2 amide bonds. The van der Waals surface area contributed by atoms with Crippen molar-refractivity contribution < 1.29 is 28.3 Å². The molecule has 9 heteroatoms. The number of fused-ring (bicyclic) bond motifs is 1. The maximum atomic E-state index is 13.7. The van der Waals surface area contributed by atoms with Gasteiger partial charge in [-0.15, -0.1) is 0 Å². The van der Waals surface area contributed by atoms with E-state index in [2.05, 4.69) is 5.32 Å². The standard InChI is InChI=1S/C25H27N3O6/c1-4-33-22(29)14-26-24(31)25(2)16-27-19(21-6-5-13-34-21)11-12-20(27)23(30)28(25)15-17-7-9-18(32-3)10-8-17/h5-13H,4,14-16H2,1-3H3,(H,26,31)/t25-/m1/s1. The molecule has 0 radical (unpaired) electrons. The van der Waals surface area contributed by atoms with Crippen LogP contribution in [0.1, 0.15) is 29.9 Å². The van der Waals surface area contributed by atoms with Gasteiger partial charge >= 0.3 is 5.97 Å². The number of carbonyl (C=O) groups is 3. The van der Waals surface area contributed by atoms with E-state index in [0.717, 1.165) is 5.56 Å². The minimum absolute atomic E-state index is 0.182. The van der Waals surface area contributed by atoms with E-state index in [4.69, 9.17) is 13.9 Å². The maximum absolute atomic E-state index is 13.7. The monoisotopic (exact) mass is 465 g/mol. The molecule has 9 nitrogen and oxygen atoms in total. The highest BCUT2D eigenvalue weighted by Crippen LogP contribution is 2.34. The summed E-state index contributed by atoms with van der Waals surface area (Å²) in [6.07, 6.45) is 1.56. The Labute approximate surface area is 197 Å². The predicted octanol–water partition coefficient (Wildman–Crippen LogP) is 2.85. The van der Waals surface area contributed by atoms with Gasteiger partial charge in [-0.25, -0.2) is 0 Å². The Morgan fingerprint density at radius 2 is 1.85 bits per heavy atom. The van der Waals surface area contributed by atoms with E-state index >= 15 is 0 Å². The number of aromatic nitrogens is 1. The highest BCUT2D eigenvalue weighted by Gasteiger charge is 2.48. The summed E-state index contributed by atoms with van der Waals surface area (Å²) in [6, 6.07) is 14.4. The number of carbonyl (C=O) groups excluding carboxylic acids is 3. The summed E-state index contributed by atoms with van der Waals surface area (Å²) < 4.78 is 17.5. The van der Waals surface area contributed by atoms with Gasteiger partial charge in [-0.2, -0.15) is 0 Å². The number of furan rings is 1. The third-order valence-electron chi connectivity index (χ3n) is 5.97. The summed E-state index contributed by atoms with van der Waals surface area (Å²) in [5.41, 5.74) is 0.707. The number of nitrogens with zero attached hydrogens (tertiary/aromatic N) is 2. The molecule has 3 heterocycles. The lowest BCUT2D eigenvalue weighted by atomic mass is 9.93. The van der Waals surface area contributed by atoms with Gasteiger partial charge in [-0.1, -0.05) is 12.1 Å². The second-order valence-corrected chi connectivity index (χ2v) is 8.17. The fourth-order valence-corrected chi connectivity index (χ4v) is 4.13. The molecule has 1 N–H and O–H groups in total. The average molecular weight is 466 g/mol. The van der Waals surface area contributed by atoms with Crippen LogP contribution in [-0.2, 0) is 27.4 Å². The van der Waals surface area contributed by atoms with Crippen molar-refractivity contribution in [2.45, 2.75) is 32.5 Å². The lowest BCUT2D eigenvalue weighted by molar-refractivity contribution is -0.145. The van der Waals surface area contributed by atoms with E-state index in [9.17, 15) is 14.4 Å². The van der Waals surface area contributed by atoms with Crippen LogP contribution in [0.2, 0.25) is 0 Å².